The molecule has 0 bridgehead atoms. The fourth-order valence-electron chi connectivity index (χ4n) is 2.28. The molecule has 0 aliphatic carbocycles. The SMILES string of the molecule is O=C(CN1CCC[C@H]1CO)Nc1ccc(Br)cc1F. The molecule has 0 aromatic heterocycles. The number of hydrogen-bond donors (Lipinski definition) is 2. The van der Waals surface area contributed by atoms with Crippen molar-refractivity contribution >= 4 is 27.5 Å². The zero-order chi connectivity index (χ0) is 13.8. The maximum Gasteiger partial charge on any atom is 0.238 e. The smallest absolute Gasteiger partial charge is 0.238 e. The summed E-state index contributed by atoms with van der Waals surface area (Å²) < 4.78 is 14.2. The number of aliphatic hydroxyl groups excluding tert-OH is 1. The number of carbonyl (C=O) groups is 1. The molecule has 1 atom stereocenters. The van der Waals surface area contributed by atoms with E-state index in [1.54, 1.807) is 6.07 Å². The highest BCUT2D eigenvalue weighted by molar-refractivity contribution is 9.10. The van der Waals surface area contributed by atoms with Gasteiger partial charge in [-0.1, -0.05) is 15.9 Å². The molecule has 1 aromatic carbocycles. The Morgan fingerprint density at radius 3 is 3.05 bits per heavy atom. The van der Waals surface area contributed by atoms with Gasteiger partial charge in [0.1, 0.15) is 5.82 Å². The molecule has 1 aliphatic heterocycles. The van der Waals surface area contributed by atoms with E-state index in [0.717, 1.165) is 19.4 Å². The van der Waals surface area contributed by atoms with Crippen LogP contribution in [0.1, 0.15) is 12.8 Å². The van der Waals surface area contributed by atoms with Gasteiger partial charge in [-0.2, -0.15) is 0 Å². The van der Waals surface area contributed by atoms with Crippen LogP contribution in [0, 0.1) is 5.82 Å². The highest BCUT2D eigenvalue weighted by Gasteiger charge is 2.25. The summed E-state index contributed by atoms with van der Waals surface area (Å²) in [4.78, 5) is 13.8. The van der Waals surface area contributed by atoms with Gasteiger partial charge in [-0.3, -0.25) is 9.69 Å². The lowest BCUT2D eigenvalue weighted by molar-refractivity contribution is -0.117. The van der Waals surface area contributed by atoms with Crippen LogP contribution < -0.4 is 5.32 Å². The Kier molecular flexibility index (Phi) is 4.90. The van der Waals surface area contributed by atoms with Crippen molar-refractivity contribution in [2.45, 2.75) is 18.9 Å². The number of likely N-dealkylation sites (tertiary alicyclic amines) is 1. The van der Waals surface area contributed by atoms with Gasteiger partial charge in [-0.05, 0) is 37.6 Å². The van der Waals surface area contributed by atoms with Crippen molar-refractivity contribution in [3.8, 4) is 0 Å². The molecule has 104 valence electrons. The summed E-state index contributed by atoms with van der Waals surface area (Å²) in [5.41, 5.74) is 0.174. The van der Waals surface area contributed by atoms with Crippen molar-refractivity contribution in [2.24, 2.45) is 0 Å². The summed E-state index contributed by atoms with van der Waals surface area (Å²) >= 11 is 3.16. The molecule has 0 radical (unpaired) electrons. The first-order valence-electron chi connectivity index (χ1n) is 6.20. The molecule has 2 N–H and O–H groups in total. The predicted octanol–water partition coefficient (Wildman–Crippen LogP) is 1.98. The van der Waals surface area contributed by atoms with E-state index in [2.05, 4.69) is 21.2 Å². The Balaban J connectivity index is 1.94. The van der Waals surface area contributed by atoms with Gasteiger partial charge in [0.05, 0.1) is 18.8 Å². The maximum absolute atomic E-state index is 13.6. The van der Waals surface area contributed by atoms with E-state index in [-0.39, 0.29) is 30.8 Å². The standard InChI is InChI=1S/C13H16BrFN2O2/c14-9-3-4-12(11(15)6-9)16-13(19)7-17-5-1-2-10(17)8-18/h3-4,6,10,18H,1-2,5,7-8H2,(H,16,19)/t10-/m0/s1. The van der Waals surface area contributed by atoms with Crippen LogP contribution >= 0.6 is 15.9 Å². The zero-order valence-corrected chi connectivity index (χ0v) is 12.0. The lowest BCUT2D eigenvalue weighted by Gasteiger charge is -2.21. The third kappa shape index (κ3) is 3.75. The first kappa shape index (κ1) is 14.4. The van der Waals surface area contributed by atoms with Crippen LogP contribution in [-0.4, -0.2) is 41.7 Å². The van der Waals surface area contributed by atoms with Gasteiger partial charge in [0.2, 0.25) is 5.91 Å². The summed E-state index contributed by atoms with van der Waals surface area (Å²) in [6, 6.07) is 4.54. The number of amides is 1. The molecule has 0 unspecified atom stereocenters. The highest BCUT2D eigenvalue weighted by atomic mass is 79.9. The van der Waals surface area contributed by atoms with Gasteiger partial charge in [-0.15, -0.1) is 0 Å². The number of nitrogens with one attached hydrogen (secondary N) is 1. The molecule has 6 heteroatoms. The number of halogens is 2. The number of aliphatic hydroxyl groups is 1. The molecular weight excluding hydrogens is 315 g/mol. The second-order valence-corrected chi connectivity index (χ2v) is 5.54. The number of hydrogen-bond acceptors (Lipinski definition) is 3. The Morgan fingerprint density at radius 1 is 1.58 bits per heavy atom. The molecule has 1 saturated heterocycles. The van der Waals surface area contributed by atoms with E-state index in [9.17, 15) is 14.3 Å². The van der Waals surface area contributed by atoms with Crippen molar-refractivity contribution in [3.05, 3.63) is 28.5 Å². The van der Waals surface area contributed by atoms with E-state index in [4.69, 9.17) is 0 Å². The van der Waals surface area contributed by atoms with Crippen molar-refractivity contribution < 1.29 is 14.3 Å². The van der Waals surface area contributed by atoms with Gasteiger partial charge >= 0.3 is 0 Å². The molecule has 19 heavy (non-hydrogen) atoms. The lowest BCUT2D eigenvalue weighted by Crippen LogP contribution is -2.38. The minimum Gasteiger partial charge on any atom is -0.395 e. The fourth-order valence-corrected chi connectivity index (χ4v) is 2.61. The average Bonchev–Trinajstić information content (AvgIpc) is 2.80. The summed E-state index contributed by atoms with van der Waals surface area (Å²) in [6.45, 7) is 1.03. The average molecular weight is 331 g/mol. The first-order valence-corrected chi connectivity index (χ1v) is 6.99. The van der Waals surface area contributed by atoms with E-state index < -0.39 is 5.82 Å². The third-order valence-electron chi connectivity index (χ3n) is 3.26. The quantitative estimate of drug-likeness (QED) is 0.887. The van der Waals surface area contributed by atoms with Gasteiger partial charge in [-0.25, -0.2) is 4.39 Å². The van der Waals surface area contributed by atoms with Crippen LogP contribution in [0.5, 0.6) is 0 Å². The summed E-state index contributed by atoms with van der Waals surface area (Å²) in [6.07, 6.45) is 1.88. The van der Waals surface area contributed by atoms with Gasteiger partial charge in [0, 0.05) is 10.5 Å². The fraction of sp³-hybridized carbons (Fsp3) is 0.462. The van der Waals surface area contributed by atoms with Crippen molar-refractivity contribution in [1.29, 1.82) is 0 Å². The van der Waals surface area contributed by atoms with Crippen LogP contribution in [0.2, 0.25) is 0 Å². The Morgan fingerprint density at radius 2 is 2.37 bits per heavy atom. The minimum absolute atomic E-state index is 0.0421. The Hall–Kier alpha value is -0.980. The van der Waals surface area contributed by atoms with Crippen LogP contribution in [0.25, 0.3) is 0 Å². The highest BCUT2D eigenvalue weighted by Crippen LogP contribution is 2.20. The van der Waals surface area contributed by atoms with Crippen LogP contribution in [0.15, 0.2) is 22.7 Å². The molecule has 1 aromatic rings. The number of anilines is 1. The molecule has 1 aliphatic rings. The van der Waals surface area contributed by atoms with Gasteiger partial charge in [0.25, 0.3) is 0 Å². The molecule has 0 spiro atoms. The van der Waals surface area contributed by atoms with Crippen LogP contribution in [0.4, 0.5) is 10.1 Å². The number of nitrogens with zero attached hydrogens (tertiary/aromatic N) is 1. The van der Waals surface area contributed by atoms with Crippen molar-refractivity contribution in [3.63, 3.8) is 0 Å². The predicted molar refractivity (Wildman–Crippen MR) is 74.4 cm³/mol. The molecule has 2 rings (SSSR count). The number of benzene rings is 1. The Bertz CT molecular complexity index is 470. The normalized spacial score (nSPS) is 19.6. The van der Waals surface area contributed by atoms with Crippen LogP contribution in [0.3, 0.4) is 0 Å². The van der Waals surface area contributed by atoms with Gasteiger partial charge < -0.3 is 10.4 Å². The molecule has 0 saturated carbocycles. The number of carbonyl (C=O) groups excluding carboxylic acids is 1. The van der Waals surface area contributed by atoms with E-state index in [0.29, 0.717) is 4.47 Å². The molecule has 1 amide bonds. The summed E-state index contributed by atoms with van der Waals surface area (Å²) in [5.74, 6) is -0.732. The lowest BCUT2D eigenvalue weighted by atomic mass is 10.2. The second kappa shape index (κ2) is 6.45. The summed E-state index contributed by atoms with van der Waals surface area (Å²) in [5, 5.41) is 11.7. The van der Waals surface area contributed by atoms with Crippen molar-refractivity contribution in [1.82, 2.24) is 4.90 Å². The molecular formula is C13H16BrFN2O2. The monoisotopic (exact) mass is 330 g/mol. The maximum atomic E-state index is 13.6. The van der Waals surface area contributed by atoms with Crippen LogP contribution in [-0.2, 0) is 4.79 Å². The molecule has 4 nitrogen and oxygen atoms in total. The first-order chi connectivity index (χ1) is 9.10. The topological polar surface area (TPSA) is 52.6 Å². The number of rotatable bonds is 4. The molecule has 1 heterocycles. The van der Waals surface area contributed by atoms with E-state index in [1.807, 2.05) is 4.90 Å². The molecule has 1 fully saturated rings. The summed E-state index contributed by atoms with van der Waals surface area (Å²) in [7, 11) is 0. The van der Waals surface area contributed by atoms with Gasteiger partial charge in [0.15, 0.2) is 0 Å². The zero-order valence-electron chi connectivity index (χ0n) is 10.4. The Labute approximate surface area is 119 Å². The largest absolute Gasteiger partial charge is 0.395 e. The second-order valence-electron chi connectivity index (χ2n) is 4.62. The van der Waals surface area contributed by atoms with E-state index in [1.165, 1.54) is 12.1 Å². The third-order valence-corrected chi connectivity index (χ3v) is 3.75. The van der Waals surface area contributed by atoms with Crippen molar-refractivity contribution in [2.75, 3.05) is 25.0 Å². The minimum atomic E-state index is -0.470. The van der Waals surface area contributed by atoms with E-state index >= 15 is 0 Å².